The molecule has 3 aromatic rings. The molecule has 0 aliphatic carbocycles. The van der Waals surface area contributed by atoms with Crippen molar-refractivity contribution in [2.45, 2.75) is 0 Å². The van der Waals surface area contributed by atoms with Crippen molar-refractivity contribution in [3.05, 3.63) is 47.7 Å². The smallest absolute Gasteiger partial charge is 0.251 e. The summed E-state index contributed by atoms with van der Waals surface area (Å²) in [5, 5.41) is 8.09. The lowest BCUT2D eigenvalue weighted by Crippen LogP contribution is -2.38. The molecule has 2 aliphatic heterocycles. The normalized spacial score (nSPS) is 16.8. The number of amides is 1. The van der Waals surface area contributed by atoms with Gasteiger partial charge in [0.2, 0.25) is 5.88 Å². The van der Waals surface area contributed by atoms with E-state index in [1.165, 1.54) is 0 Å². The van der Waals surface area contributed by atoms with Gasteiger partial charge in [0.25, 0.3) is 5.91 Å². The van der Waals surface area contributed by atoms with Crippen LogP contribution < -0.4 is 20.4 Å². The topological polar surface area (TPSA) is 116 Å². The molecule has 3 N–H and O–H groups in total. The number of morpholine rings is 2. The minimum Gasteiger partial charge on any atom is -0.476 e. The van der Waals surface area contributed by atoms with Crippen LogP contribution in [0.5, 0.6) is 5.88 Å². The predicted molar refractivity (Wildman–Crippen MR) is 143 cm³/mol. The number of carbonyl (C=O) groups excluding carboxylic acids is 1. The van der Waals surface area contributed by atoms with Crippen LogP contribution in [0.3, 0.4) is 0 Å². The maximum atomic E-state index is 11.9. The van der Waals surface area contributed by atoms with Gasteiger partial charge in [-0.1, -0.05) is 6.07 Å². The average molecular weight is 508 g/mol. The quantitative estimate of drug-likeness (QED) is 0.297. The molecule has 0 spiro atoms. The molecule has 1 aromatic carbocycles. The van der Waals surface area contributed by atoms with E-state index in [9.17, 15) is 4.79 Å². The Kier molecular flexibility index (Phi) is 8.14. The molecule has 2 saturated heterocycles. The number of anilines is 2. The molecule has 2 fully saturated rings. The molecule has 0 atom stereocenters. The van der Waals surface area contributed by atoms with Crippen molar-refractivity contribution in [1.29, 1.82) is 0 Å². The van der Waals surface area contributed by atoms with Crippen molar-refractivity contribution in [1.82, 2.24) is 20.2 Å². The molecule has 0 radical (unpaired) electrons. The van der Waals surface area contributed by atoms with Crippen molar-refractivity contribution in [2.75, 3.05) is 83.1 Å². The molecule has 0 bridgehead atoms. The number of fused-ring (bicyclic) bond motifs is 1. The van der Waals surface area contributed by atoms with E-state index in [-0.39, 0.29) is 5.91 Å². The number of hydrazone groups is 1. The number of hydrogen-bond acceptors (Lipinski definition) is 9. The van der Waals surface area contributed by atoms with Gasteiger partial charge in [-0.15, -0.1) is 0 Å². The molecule has 37 heavy (non-hydrogen) atoms. The van der Waals surface area contributed by atoms with E-state index in [2.05, 4.69) is 30.6 Å². The fourth-order valence-electron chi connectivity index (χ4n) is 4.41. The third kappa shape index (κ3) is 6.37. The zero-order valence-corrected chi connectivity index (χ0v) is 21.0. The Bertz CT molecular complexity index is 1230. The Hall–Kier alpha value is -3.67. The van der Waals surface area contributed by atoms with Crippen molar-refractivity contribution in [3.63, 3.8) is 0 Å². The number of aromatic nitrogens is 2. The van der Waals surface area contributed by atoms with Crippen LogP contribution in [0, 0.1) is 0 Å². The Balaban J connectivity index is 1.28. The highest BCUT2D eigenvalue weighted by Gasteiger charge is 2.16. The van der Waals surface area contributed by atoms with Gasteiger partial charge in [-0.2, -0.15) is 10.1 Å². The molecule has 2 aromatic heterocycles. The van der Waals surface area contributed by atoms with Gasteiger partial charge in [0, 0.05) is 80.1 Å². The van der Waals surface area contributed by atoms with Crippen LogP contribution in [0.25, 0.3) is 10.9 Å². The predicted octanol–water partition coefficient (Wildman–Crippen LogP) is 1.92. The van der Waals surface area contributed by atoms with Crippen molar-refractivity contribution < 1.29 is 19.0 Å². The van der Waals surface area contributed by atoms with E-state index in [0.717, 1.165) is 73.9 Å². The minimum atomic E-state index is -0.120. The standard InChI is InChI=1S/C26H33N7O4/c1-27-26(34)19-2-3-22-20(17-28-23(22)14-19)18-29-31-21-15-24(33-7-11-36-12-8-33)30-25(16-21)37-13-6-32-4-9-35-10-5-32/h2-3,14-18,28H,4-13H2,1H3,(H,27,34)(H,30,31)/b29-18+. The van der Waals surface area contributed by atoms with Gasteiger partial charge >= 0.3 is 0 Å². The lowest BCUT2D eigenvalue weighted by atomic mass is 10.1. The number of nitrogens with zero attached hydrogens (tertiary/aromatic N) is 4. The molecule has 5 rings (SSSR count). The first kappa shape index (κ1) is 25.0. The molecular formula is C26H33N7O4. The van der Waals surface area contributed by atoms with Gasteiger partial charge in [-0.05, 0) is 12.1 Å². The second kappa shape index (κ2) is 12.0. The number of aromatic amines is 1. The van der Waals surface area contributed by atoms with Crippen LogP contribution in [0.2, 0.25) is 0 Å². The molecule has 2 aliphatic rings. The first-order valence-corrected chi connectivity index (χ1v) is 12.6. The van der Waals surface area contributed by atoms with E-state index in [1.807, 2.05) is 30.5 Å². The maximum absolute atomic E-state index is 11.9. The van der Waals surface area contributed by atoms with Crippen LogP contribution in [-0.2, 0) is 9.47 Å². The maximum Gasteiger partial charge on any atom is 0.251 e. The van der Waals surface area contributed by atoms with Crippen molar-refractivity contribution in [3.8, 4) is 5.88 Å². The summed E-state index contributed by atoms with van der Waals surface area (Å²) in [5.41, 5.74) is 6.31. The van der Waals surface area contributed by atoms with Crippen LogP contribution in [-0.4, -0.2) is 99.8 Å². The summed E-state index contributed by atoms with van der Waals surface area (Å²) >= 11 is 0. The number of carbonyl (C=O) groups is 1. The zero-order valence-electron chi connectivity index (χ0n) is 21.0. The summed E-state index contributed by atoms with van der Waals surface area (Å²) in [6.07, 6.45) is 3.63. The van der Waals surface area contributed by atoms with Gasteiger partial charge in [-0.25, -0.2) is 0 Å². The molecule has 4 heterocycles. The second-order valence-electron chi connectivity index (χ2n) is 8.91. The zero-order chi connectivity index (χ0) is 25.5. The number of ether oxygens (including phenoxy) is 3. The monoisotopic (exact) mass is 507 g/mol. The lowest BCUT2D eigenvalue weighted by Gasteiger charge is -2.28. The van der Waals surface area contributed by atoms with E-state index < -0.39 is 0 Å². The molecule has 196 valence electrons. The molecule has 1 amide bonds. The molecule has 0 saturated carbocycles. The third-order valence-corrected chi connectivity index (χ3v) is 6.48. The first-order chi connectivity index (χ1) is 18.2. The summed E-state index contributed by atoms with van der Waals surface area (Å²) in [7, 11) is 1.62. The largest absolute Gasteiger partial charge is 0.476 e. The second-order valence-corrected chi connectivity index (χ2v) is 8.91. The van der Waals surface area contributed by atoms with Gasteiger partial charge in [-0.3, -0.25) is 15.1 Å². The number of pyridine rings is 1. The van der Waals surface area contributed by atoms with Gasteiger partial charge in [0.05, 0.1) is 38.3 Å². The van der Waals surface area contributed by atoms with Crippen LogP contribution >= 0.6 is 0 Å². The summed E-state index contributed by atoms with van der Waals surface area (Å²) in [4.78, 5) is 24.4. The van der Waals surface area contributed by atoms with Crippen LogP contribution in [0.15, 0.2) is 41.6 Å². The molecule has 11 nitrogen and oxygen atoms in total. The number of nitrogens with one attached hydrogen (secondary N) is 3. The molecule has 0 unspecified atom stereocenters. The molecule has 11 heteroatoms. The molecular weight excluding hydrogens is 474 g/mol. The van der Waals surface area contributed by atoms with Gasteiger partial charge < -0.3 is 29.4 Å². The first-order valence-electron chi connectivity index (χ1n) is 12.6. The van der Waals surface area contributed by atoms with Gasteiger partial charge in [0.1, 0.15) is 12.4 Å². The lowest BCUT2D eigenvalue weighted by molar-refractivity contribution is 0.0320. The Morgan fingerprint density at radius 3 is 2.70 bits per heavy atom. The summed E-state index contributed by atoms with van der Waals surface area (Å²) < 4.78 is 17.0. The SMILES string of the molecule is CNC(=O)c1ccc2c(/C=N/Nc3cc(OCCN4CCOCC4)nc(N4CCOCC4)c3)c[nH]c2c1. The van der Waals surface area contributed by atoms with Gasteiger partial charge in [0.15, 0.2) is 0 Å². The number of rotatable bonds is 9. The Morgan fingerprint density at radius 1 is 1.14 bits per heavy atom. The van der Waals surface area contributed by atoms with Crippen LogP contribution in [0.4, 0.5) is 11.5 Å². The highest BCUT2D eigenvalue weighted by molar-refractivity contribution is 6.03. The number of H-pyrrole nitrogens is 1. The summed E-state index contributed by atoms with van der Waals surface area (Å²) in [5.74, 6) is 1.27. The van der Waals surface area contributed by atoms with E-state index in [1.54, 1.807) is 19.3 Å². The fraction of sp³-hybridized carbons (Fsp3) is 0.423. The van der Waals surface area contributed by atoms with Crippen molar-refractivity contribution >= 4 is 34.5 Å². The van der Waals surface area contributed by atoms with E-state index in [4.69, 9.17) is 19.2 Å². The van der Waals surface area contributed by atoms with E-state index in [0.29, 0.717) is 31.3 Å². The number of benzene rings is 1. The Morgan fingerprint density at radius 2 is 1.92 bits per heavy atom. The summed E-state index contributed by atoms with van der Waals surface area (Å²) in [6, 6.07) is 9.39. The Labute approximate surface area is 215 Å². The highest BCUT2D eigenvalue weighted by Crippen LogP contribution is 2.24. The minimum absolute atomic E-state index is 0.120. The van der Waals surface area contributed by atoms with Crippen molar-refractivity contribution in [2.24, 2.45) is 5.10 Å². The third-order valence-electron chi connectivity index (χ3n) is 6.48. The summed E-state index contributed by atoms with van der Waals surface area (Å²) in [6.45, 7) is 7.66. The fourth-order valence-corrected chi connectivity index (χ4v) is 4.41. The average Bonchev–Trinajstić information content (AvgIpc) is 3.36. The van der Waals surface area contributed by atoms with E-state index >= 15 is 0 Å². The highest BCUT2D eigenvalue weighted by atomic mass is 16.5. The number of hydrogen-bond donors (Lipinski definition) is 3. The van der Waals surface area contributed by atoms with Crippen LogP contribution in [0.1, 0.15) is 15.9 Å².